The predicted octanol–water partition coefficient (Wildman–Crippen LogP) is 3.95. The third-order valence-corrected chi connectivity index (χ3v) is 3.63. The van der Waals surface area contributed by atoms with Crippen LogP contribution in [0, 0.1) is 0 Å². The van der Waals surface area contributed by atoms with Gasteiger partial charge in [-0.05, 0) is 24.1 Å². The highest BCUT2D eigenvalue weighted by molar-refractivity contribution is 9.10. The molecule has 19 heavy (non-hydrogen) atoms. The topological polar surface area (TPSA) is 27.7 Å². The number of rotatable bonds is 10. The molecule has 1 rings (SSSR count). The van der Waals surface area contributed by atoms with Crippen LogP contribution in [-0.2, 0) is 14.2 Å². The van der Waals surface area contributed by atoms with Gasteiger partial charge in [-0.15, -0.1) is 0 Å². The fraction of sp³-hybridized carbons (Fsp3) is 0.571. The molecule has 0 bridgehead atoms. The summed E-state index contributed by atoms with van der Waals surface area (Å²) in [5.74, 6) is 0. The minimum atomic E-state index is 0.0556. The van der Waals surface area contributed by atoms with E-state index in [4.69, 9.17) is 14.2 Å². The number of benzene rings is 1. The molecule has 0 aliphatic carbocycles. The predicted molar refractivity (Wildman–Crippen MR) is 83.9 cm³/mol. The number of alkyl halides is 1. The van der Waals surface area contributed by atoms with Crippen LogP contribution in [0.5, 0.6) is 0 Å². The molecule has 0 heterocycles. The summed E-state index contributed by atoms with van der Waals surface area (Å²) in [6.45, 7) is 2.66. The van der Waals surface area contributed by atoms with E-state index < -0.39 is 0 Å². The Kier molecular flexibility index (Phi) is 9.73. The Balaban J connectivity index is 2.22. The smallest absolute Gasteiger partial charge is 0.0923 e. The van der Waals surface area contributed by atoms with Crippen LogP contribution >= 0.6 is 31.9 Å². The van der Waals surface area contributed by atoms with E-state index in [0.29, 0.717) is 19.8 Å². The molecule has 0 N–H and O–H groups in total. The van der Waals surface area contributed by atoms with E-state index in [-0.39, 0.29) is 6.10 Å². The van der Waals surface area contributed by atoms with Crippen molar-refractivity contribution >= 4 is 31.9 Å². The van der Waals surface area contributed by atoms with Gasteiger partial charge >= 0.3 is 0 Å². The zero-order valence-electron chi connectivity index (χ0n) is 11.1. The molecule has 0 aliphatic heterocycles. The SMILES string of the molecule is COCCCOCCOC(CBr)c1cccc(Br)c1. The molecule has 108 valence electrons. The van der Waals surface area contributed by atoms with Crippen LogP contribution in [0.3, 0.4) is 0 Å². The van der Waals surface area contributed by atoms with Crippen LogP contribution in [-0.4, -0.2) is 38.9 Å². The number of hydrogen-bond acceptors (Lipinski definition) is 3. The van der Waals surface area contributed by atoms with Crippen LogP contribution < -0.4 is 0 Å². The third kappa shape index (κ3) is 7.42. The third-order valence-electron chi connectivity index (χ3n) is 2.54. The average Bonchev–Trinajstić information content (AvgIpc) is 2.42. The number of halogens is 2. The van der Waals surface area contributed by atoms with Gasteiger partial charge in [-0.3, -0.25) is 0 Å². The highest BCUT2D eigenvalue weighted by atomic mass is 79.9. The van der Waals surface area contributed by atoms with E-state index in [1.807, 2.05) is 12.1 Å². The molecule has 0 amide bonds. The second-order valence-corrected chi connectivity index (χ2v) is 5.59. The zero-order valence-corrected chi connectivity index (χ0v) is 14.3. The van der Waals surface area contributed by atoms with Crippen molar-refractivity contribution in [3.63, 3.8) is 0 Å². The first kappa shape index (κ1) is 17.1. The van der Waals surface area contributed by atoms with E-state index in [2.05, 4.69) is 44.0 Å². The van der Waals surface area contributed by atoms with Gasteiger partial charge in [0.1, 0.15) is 0 Å². The summed E-state index contributed by atoms with van der Waals surface area (Å²) in [6, 6.07) is 8.16. The van der Waals surface area contributed by atoms with Crippen molar-refractivity contribution in [3.8, 4) is 0 Å². The number of hydrogen-bond donors (Lipinski definition) is 0. The standard InChI is InChI=1S/C14H20Br2O3/c1-17-6-3-7-18-8-9-19-14(11-15)12-4-2-5-13(16)10-12/h2,4-5,10,14H,3,6-9,11H2,1H3. The molecular weight excluding hydrogens is 376 g/mol. The molecule has 1 aromatic carbocycles. The van der Waals surface area contributed by atoms with Crippen LogP contribution in [0.2, 0.25) is 0 Å². The molecular formula is C14H20Br2O3. The Labute approximate surface area is 131 Å². The number of ether oxygens (including phenoxy) is 3. The van der Waals surface area contributed by atoms with Crippen molar-refractivity contribution < 1.29 is 14.2 Å². The van der Waals surface area contributed by atoms with E-state index >= 15 is 0 Å². The molecule has 0 radical (unpaired) electrons. The summed E-state index contributed by atoms with van der Waals surface area (Å²) in [6.07, 6.45) is 0.976. The van der Waals surface area contributed by atoms with E-state index in [0.717, 1.165) is 28.4 Å². The van der Waals surface area contributed by atoms with Crippen molar-refractivity contribution in [2.24, 2.45) is 0 Å². The summed E-state index contributed by atoms with van der Waals surface area (Å²) >= 11 is 6.95. The highest BCUT2D eigenvalue weighted by Gasteiger charge is 2.10. The normalized spacial score (nSPS) is 12.6. The maximum atomic E-state index is 5.81. The average molecular weight is 396 g/mol. The van der Waals surface area contributed by atoms with Crippen LogP contribution in [0.15, 0.2) is 28.7 Å². The largest absolute Gasteiger partial charge is 0.385 e. The Hall–Kier alpha value is 0.0600. The van der Waals surface area contributed by atoms with Gasteiger partial charge in [0.05, 0.1) is 19.3 Å². The second-order valence-electron chi connectivity index (χ2n) is 4.03. The lowest BCUT2D eigenvalue weighted by Crippen LogP contribution is -2.12. The first-order valence-electron chi connectivity index (χ1n) is 6.27. The highest BCUT2D eigenvalue weighted by Crippen LogP contribution is 2.22. The van der Waals surface area contributed by atoms with Crippen molar-refractivity contribution in [2.45, 2.75) is 12.5 Å². The molecule has 1 unspecified atom stereocenters. The Morgan fingerprint density at radius 1 is 1.16 bits per heavy atom. The van der Waals surface area contributed by atoms with E-state index in [1.165, 1.54) is 0 Å². The van der Waals surface area contributed by atoms with Crippen LogP contribution in [0.4, 0.5) is 0 Å². The Morgan fingerprint density at radius 3 is 2.68 bits per heavy atom. The Bertz CT molecular complexity index is 347. The van der Waals surface area contributed by atoms with Gasteiger partial charge in [-0.2, -0.15) is 0 Å². The molecule has 1 aromatic rings. The quantitative estimate of drug-likeness (QED) is 0.443. The summed E-state index contributed by atoms with van der Waals surface area (Å²) < 4.78 is 17.3. The first-order chi connectivity index (χ1) is 9.27. The molecule has 3 nitrogen and oxygen atoms in total. The lowest BCUT2D eigenvalue weighted by atomic mass is 10.1. The summed E-state index contributed by atoms with van der Waals surface area (Å²) in [5, 5.41) is 0.771. The van der Waals surface area contributed by atoms with Gasteiger partial charge in [0.15, 0.2) is 0 Å². The summed E-state index contributed by atoms with van der Waals surface area (Å²) in [7, 11) is 1.70. The van der Waals surface area contributed by atoms with Crippen molar-refractivity contribution in [1.82, 2.24) is 0 Å². The molecule has 0 aliphatic rings. The lowest BCUT2D eigenvalue weighted by molar-refractivity contribution is 0.00977. The van der Waals surface area contributed by atoms with E-state index in [1.54, 1.807) is 7.11 Å². The molecule has 1 atom stereocenters. The van der Waals surface area contributed by atoms with Gasteiger partial charge in [0, 0.05) is 30.1 Å². The maximum absolute atomic E-state index is 5.81. The van der Waals surface area contributed by atoms with Gasteiger partial charge in [0.25, 0.3) is 0 Å². The van der Waals surface area contributed by atoms with Crippen LogP contribution in [0.1, 0.15) is 18.1 Å². The van der Waals surface area contributed by atoms with Gasteiger partial charge in [0.2, 0.25) is 0 Å². The molecule has 5 heteroatoms. The lowest BCUT2D eigenvalue weighted by Gasteiger charge is -2.16. The zero-order chi connectivity index (χ0) is 13.9. The molecule has 0 aromatic heterocycles. The summed E-state index contributed by atoms with van der Waals surface area (Å²) in [5.41, 5.74) is 1.16. The molecule has 0 fully saturated rings. The maximum Gasteiger partial charge on any atom is 0.0923 e. The van der Waals surface area contributed by atoms with Gasteiger partial charge in [-0.25, -0.2) is 0 Å². The molecule has 0 saturated heterocycles. The number of methoxy groups -OCH3 is 1. The molecule has 0 spiro atoms. The van der Waals surface area contributed by atoms with E-state index in [9.17, 15) is 0 Å². The van der Waals surface area contributed by atoms with Gasteiger partial charge < -0.3 is 14.2 Å². The second kappa shape index (κ2) is 10.8. The first-order valence-corrected chi connectivity index (χ1v) is 8.19. The molecule has 0 saturated carbocycles. The van der Waals surface area contributed by atoms with Crippen molar-refractivity contribution in [1.29, 1.82) is 0 Å². The van der Waals surface area contributed by atoms with Crippen LogP contribution in [0.25, 0.3) is 0 Å². The Morgan fingerprint density at radius 2 is 2.00 bits per heavy atom. The van der Waals surface area contributed by atoms with Gasteiger partial charge in [-0.1, -0.05) is 44.0 Å². The minimum absolute atomic E-state index is 0.0556. The summed E-state index contributed by atoms with van der Waals surface area (Å²) in [4.78, 5) is 0. The fourth-order valence-corrected chi connectivity index (χ4v) is 2.57. The minimum Gasteiger partial charge on any atom is -0.385 e. The van der Waals surface area contributed by atoms with Crippen molar-refractivity contribution in [2.75, 3.05) is 38.9 Å². The van der Waals surface area contributed by atoms with Crippen molar-refractivity contribution in [3.05, 3.63) is 34.3 Å². The fourth-order valence-electron chi connectivity index (χ4n) is 1.59. The monoisotopic (exact) mass is 394 g/mol.